The number of hydrogen-bond acceptors (Lipinski definition) is 3. The summed E-state index contributed by atoms with van der Waals surface area (Å²) >= 11 is 0. The fourth-order valence-electron chi connectivity index (χ4n) is 4.68. The lowest BCUT2D eigenvalue weighted by atomic mass is 9.88. The third kappa shape index (κ3) is 6.15. The van der Waals surface area contributed by atoms with Crippen LogP contribution in [0.25, 0.3) is 5.57 Å². The first-order chi connectivity index (χ1) is 16.5. The highest BCUT2D eigenvalue weighted by atomic mass is 16.2. The standard InChI is InChI=1S/C29H39N3O2/c1-5-21(6-2)28(33)31-26-11-9-10-25(20-26)27(23-16-18-30-19-17-23)22-12-14-24(15-13-22)29(34)32(7-3)8-4/h9-15,20-21,30H,5-8,16-19H2,1-4H3,(H,31,33). The van der Waals surface area contributed by atoms with Crippen LogP contribution in [0.2, 0.25) is 0 Å². The predicted molar refractivity (Wildman–Crippen MR) is 141 cm³/mol. The largest absolute Gasteiger partial charge is 0.339 e. The minimum Gasteiger partial charge on any atom is -0.339 e. The molecular formula is C29H39N3O2. The molecule has 34 heavy (non-hydrogen) atoms. The van der Waals surface area contributed by atoms with Gasteiger partial charge in [0.2, 0.25) is 5.91 Å². The van der Waals surface area contributed by atoms with E-state index < -0.39 is 0 Å². The van der Waals surface area contributed by atoms with Crippen molar-refractivity contribution in [1.29, 1.82) is 0 Å². The Labute approximate surface area is 204 Å². The smallest absolute Gasteiger partial charge is 0.253 e. The maximum absolute atomic E-state index is 12.8. The zero-order valence-corrected chi connectivity index (χ0v) is 21.1. The Morgan fingerprint density at radius 3 is 2.09 bits per heavy atom. The SMILES string of the molecule is CCC(CC)C(=O)Nc1cccc(C(=C2CCNCC2)c2ccc(C(=O)N(CC)CC)cc2)c1. The summed E-state index contributed by atoms with van der Waals surface area (Å²) in [6, 6.07) is 16.2. The Bertz CT molecular complexity index is 994. The van der Waals surface area contributed by atoms with Crippen LogP contribution in [-0.2, 0) is 4.79 Å². The van der Waals surface area contributed by atoms with Crippen molar-refractivity contribution in [2.75, 3.05) is 31.5 Å². The maximum atomic E-state index is 12.8. The molecule has 5 heteroatoms. The van der Waals surface area contributed by atoms with Gasteiger partial charge in [0.1, 0.15) is 0 Å². The molecule has 0 aromatic heterocycles. The van der Waals surface area contributed by atoms with E-state index in [-0.39, 0.29) is 17.7 Å². The first-order valence-corrected chi connectivity index (χ1v) is 12.8. The highest BCUT2D eigenvalue weighted by molar-refractivity contribution is 5.95. The number of benzene rings is 2. The van der Waals surface area contributed by atoms with Gasteiger partial charge in [0.25, 0.3) is 5.91 Å². The highest BCUT2D eigenvalue weighted by Crippen LogP contribution is 2.33. The normalized spacial score (nSPS) is 13.6. The number of nitrogens with one attached hydrogen (secondary N) is 2. The van der Waals surface area contributed by atoms with Gasteiger partial charge in [0, 0.05) is 30.3 Å². The average molecular weight is 462 g/mol. The van der Waals surface area contributed by atoms with Gasteiger partial charge in [-0.3, -0.25) is 9.59 Å². The molecular weight excluding hydrogens is 422 g/mol. The lowest BCUT2D eigenvalue weighted by molar-refractivity contribution is -0.120. The molecule has 1 fully saturated rings. The van der Waals surface area contributed by atoms with E-state index in [4.69, 9.17) is 0 Å². The lowest BCUT2D eigenvalue weighted by Crippen LogP contribution is -2.30. The van der Waals surface area contributed by atoms with Gasteiger partial charge >= 0.3 is 0 Å². The van der Waals surface area contributed by atoms with Gasteiger partial charge in [-0.25, -0.2) is 0 Å². The fourth-order valence-corrected chi connectivity index (χ4v) is 4.68. The minimum absolute atomic E-state index is 0.0294. The topological polar surface area (TPSA) is 61.4 Å². The zero-order chi connectivity index (χ0) is 24.5. The van der Waals surface area contributed by atoms with Crippen LogP contribution < -0.4 is 10.6 Å². The van der Waals surface area contributed by atoms with E-state index in [1.54, 1.807) is 0 Å². The number of hydrogen-bond donors (Lipinski definition) is 2. The Kier molecular flexibility index (Phi) is 9.46. The third-order valence-corrected chi connectivity index (χ3v) is 6.81. The molecule has 182 valence electrons. The Morgan fingerprint density at radius 2 is 1.50 bits per heavy atom. The Morgan fingerprint density at radius 1 is 0.882 bits per heavy atom. The minimum atomic E-state index is 0.0294. The van der Waals surface area contributed by atoms with Crippen LogP contribution in [0.15, 0.2) is 54.1 Å². The molecule has 0 unspecified atom stereocenters. The molecule has 1 heterocycles. The molecule has 2 aromatic rings. The Hall–Kier alpha value is -2.92. The van der Waals surface area contributed by atoms with Crippen molar-refractivity contribution in [2.45, 2.75) is 53.4 Å². The molecule has 1 saturated heterocycles. The van der Waals surface area contributed by atoms with Crippen LogP contribution >= 0.6 is 0 Å². The number of nitrogens with zero attached hydrogens (tertiary/aromatic N) is 1. The first kappa shape index (κ1) is 25.7. The molecule has 2 aromatic carbocycles. The van der Waals surface area contributed by atoms with Gasteiger partial charge in [0.05, 0.1) is 0 Å². The van der Waals surface area contributed by atoms with E-state index in [1.165, 1.54) is 11.1 Å². The van der Waals surface area contributed by atoms with Crippen LogP contribution in [0.4, 0.5) is 5.69 Å². The molecule has 0 spiro atoms. The number of amides is 2. The number of carbonyl (C=O) groups excluding carboxylic acids is 2. The van der Waals surface area contributed by atoms with Crippen LogP contribution in [-0.4, -0.2) is 42.9 Å². The summed E-state index contributed by atoms with van der Waals surface area (Å²) in [5.74, 6) is 0.179. The van der Waals surface area contributed by atoms with Gasteiger partial charge in [-0.1, -0.05) is 43.7 Å². The van der Waals surface area contributed by atoms with Crippen molar-refractivity contribution in [2.24, 2.45) is 5.92 Å². The van der Waals surface area contributed by atoms with Crippen molar-refractivity contribution in [3.63, 3.8) is 0 Å². The molecule has 0 bridgehead atoms. The summed E-state index contributed by atoms with van der Waals surface area (Å²) in [4.78, 5) is 27.3. The molecule has 0 atom stereocenters. The molecule has 2 amide bonds. The van der Waals surface area contributed by atoms with Crippen LogP contribution in [0.1, 0.15) is 74.9 Å². The molecule has 5 nitrogen and oxygen atoms in total. The zero-order valence-electron chi connectivity index (χ0n) is 21.1. The van der Waals surface area contributed by atoms with Crippen molar-refractivity contribution < 1.29 is 9.59 Å². The van der Waals surface area contributed by atoms with E-state index in [2.05, 4.69) is 48.7 Å². The third-order valence-electron chi connectivity index (χ3n) is 6.81. The monoisotopic (exact) mass is 461 g/mol. The molecule has 1 aliphatic heterocycles. The number of piperidine rings is 1. The summed E-state index contributed by atoms with van der Waals surface area (Å²) in [6.45, 7) is 11.4. The number of rotatable bonds is 9. The fraction of sp³-hybridized carbons (Fsp3) is 0.448. The molecule has 2 N–H and O–H groups in total. The Balaban J connectivity index is 1.96. The van der Waals surface area contributed by atoms with E-state index in [9.17, 15) is 9.59 Å². The summed E-state index contributed by atoms with van der Waals surface area (Å²) in [6.07, 6.45) is 3.64. The van der Waals surface area contributed by atoms with Gasteiger partial charge in [0.15, 0.2) is 0 Å². The summed E-state index contributed by atoms with van der Waals surface area (Å²) in [5.41, 5.74) is 6.37. The van der Waals surface area contributed by atoms with E-state index >= 15 is 0 Å². The molecule has 1 aliphatic rings. The van der Waals surface area contributed by atoms with Crippen molar-refractivity contribution in [1.82, 2.24) is 10.2 Å². The van der Waals surface area contributed by atoms with Gasteiger partial charge in [-0.2, -0.15) is 0 Å². The second-order valence-electron chi connectivity index (χ2n) is 8.87. The maximum Gasteiger partial charge on any atom is 0.253 e. The van der Waals surface area contributed by atoms with Crippen molar-refractivity contribution in [3.8, 4) is 0 Å². The summed E-state index contributed by atoms with van der Waals surface area (Å²) in [7, 11) is 0. The van der Waals surface area contributed by atoms with E-state index in [0.29, 0.717) is 18.7 Å². The molecule has 0 saturated carbocycles. The molecule has 0 aliphatic carbocycles. The molecule has 0 radical (unpaired) electrons. The van der Waals surface area contributed by atoms with Crippen LogP contribution in [0.3, 0.4) is 0 Å². The van der Waals surface area contributed by atoms with E-state index in [1.807, 2.05) is 43.0 Å². The van der Waals surface area contributed by atoms with Gasteiger partial charge in [-0.05, 0) is 93.6 Å². The van der Waals surface area contributed by atoms with Gasteiger partial charge in [-0.15, -0.1) is 0 Å². The van der Waals surface area contributed by atoms with Gasteiger partial charge < -0.3 is 15.5 Å². The second-order valence-corrected chi connectivity index (χ2v) is 8.87. The van der Waals surface area contributed by atoms with Crippen LogP contribution in [0.5, 0.6) is 0 Å². The molecule has 3 rings (SSSR count). The lowest BCUT2D eigenvalue weighted by Gasteiger charge is -2.22. The van der Waals surface area contributed by atoms with Crippen molar-refractivity contribution >= 4 is 23.1 Å². The predicted octanol–water partition coefficient (Wildman–Crippen LogP) is 5.73. The van der Waals surface area contributed by atoms with E-state index in [0.717, 1.165) is 55.6 Å². The van der Waals surface area contributed by atoms with Crippen molar-refractivity contribution in [3.05, 3.63) is 70.8 Å². The summed E-state index contributed by atoms with van der Waals surface area (Å²) in [5, 5.41) is 6.56. The second kappa shape index (κ2) is 12.5. The average Bonchev–Trinajstić information content (AvgIpc) is 2.87. The quantitative estimate of drug-likeness (QED) is 0.501. The summed E-state index contributed by atoms with van der Waals surface area (Å²) < 4.78 is 0. The van der Waals surface area contributed by atoms with Crippen LogP contribution in [0, 0.1) is 5.92 Å². The number of anilines is 1. The highest BCUT2D eigenvalue weighted by Gasteiger charge is 2.18. The number of carbonyl (C=O) groups is 2. The first-order valence-electron chi connectivity index (χ1n) is 12.8.